The van der Waals surface area contributed by atoms with Crippen LogP contribution in [0, 0.1) is 5.82 Å². The van der Waals surface area contributed by atoms with Gasteiger partial charge in [0, 0.05) is 31.4 Å². The Balaban J connectivity index is 1.43. The molecule has 0 spiro atoms. The lowest BCUT2D eigenvalue weighted by Gasteiger charge is -2.25. The van der Waals surface area contributed by atoms with E-state index in [2.05, 4.69) is 25.5 Å². The normalized spacial score (nSPS) is 11.9. The predicted molar refractivity (Wildman–Crippen MR) is 183 cm³/mol. The molecule has 5 rings (SSSR count). The molecule has 0 saturated heterocycles. The van der Waals surface area contributed by atoms with Crippen molar-refractivity contribution < 1.29 is 28.2 Å². The van der Waals surface area contributed by atoms with Crippen LogP contribution in [-0.2, 0) is 29.1 Å². The molecule has 0 radical (unpaired) electrons. The van der Waals surface area contributed by atoms with Crippen LogP contribution in [0.5, 0.6) is 5.88 Å². The minimum absolute atomic E-state index is 0.00668. The molecule has 0 aliphatic heterocycles. The predicted octanol–water partition coefficient (Wildman–Crippen LogP) is 6.16. The van der Waals surface area contributed by atoms with Crippen LogP contribution in [0.2, 0.25) is 0 Å². The van der Waals surface area contributed by atoms with Gasteiger partial charge in [-0.3, -0.25) is 0 Å². The third-order valence-corrected chi connectivity index (χ3v) is 7.23. The highest BCUT2D eigenvalue weighted by Crippen LogP contribution is 2.28. The van der Waals surface area contributed by atoms with Gasteiger partial charge in [0.2, 0.25) is 5.88 Å². The standard InChI is InChI=1S/C36H40FN7O5/c1-24(19-41-35(46)49-36(2,3)4)48-33-27(18-28(37)21-40-33)20-39-31-30(34(45)47-5)32-38-17-16-29(44(32)42-31)43(22-25-12-8-6-9-13-25)23-26-14-10-7-11-15-26/h6-18,21,24H,19-20,22-23H2,1-5H3,(H,39,42)(H,41,46). The van der Waals surface area contributed by atoms with Gasteiger partial charge < -0.3 is 29.7 Å². The summed E-state index contributed by atoms with van der Waals surface area (Å²) in [5.74, 6) is -0.199. The maximum absolute atomic E-state index is 14.4. The quantitative estimate of drug-likeness (QED) is 0.141. The second-order valence-electron chi connectivity index (χ2n) is 12.4. The summed E-state index contributed by atoms with van der Waals surface area (Å²) in [6.07, 6.45) is 1.55. The number of amides is 1. The molecule has 0 fully saturated rings. The van der Waals surface area contributed by atoms with Gasteiger partial charge >= 0.3 is 12.1 Å². The van der Waals surface area contributed by atoms with Crippen molar-refractivity contribution in [2.24, 2.45) is 0 Å². The van der Waals surface area contributed by atoms with E-state index in [1.54, 1.807) is 38.4 Å². The number of nitrogens with one attached hydrogen (secondary N) is 2. The molecule has 0 bridgehead atoms. The molecule has 2 aromatic carbocycles. The van der Waals surface area contributed by atoms with E-state index in [9.17, 15) is 14.0 Å². The van der Waals surface area contributed by atoms with E-state index in [-0.39, 0.29) is 36.0 Å². The monoisotopic (exact) mass is 669 g/mol. The van der Waals surface area contributed by atoms with Crippen LogP contribution in [0.25, 0.3) is 5.65 Å². The average molecular weight is 670 g/mol. The summed E-state index contributed by atoms with van der Waals surface area (Å²) in [4.78, 5) is 36.0. The Bertz CT molecular complexity index is 1840. The third kappa shape index (κ3) is 9.21. The Labute approximate surface area is 284 Å². The van der Waals surface area contributed by atoms with Crippen LogP contribution in [0.3, 0.4) is 0 Å². The zero-order valence-corrected chi connectivity index (χ0v) is 28.1. The lowest BCUT2D eigenvalue weighted by atomic mass is 10.1. The molecule has 0 aliphatic rings. The van der Waals surface area contributed by atoms with E-state index in [0.717, 1.165) is 17.3 Å². The molecule has 5 aromatic rings. The van der Waals surface area contributed by atoms with E-state index in [4.69, 9.17) is 19.3 Å². The summed E-state index contributed by atoms with van der Waals surface area (Å²) in [6.45, 7) is 8.27. The first-order valence-electron chi connectivity index (χ1n) is 15.8. The molecule has 0 aliphatic carbocycles. The van der Waals surface area contributed by atoms with E-state index in [1.165, 1.54) is 13.2 Å². The van der Waals surface area contributed by atoms with Crippen molar-refractivity contribution in [3.63, 3.8) is 0 Å². The van der Waals surface area contributed by atoms with Gasteiger partial charge in [0.15, 0.2) is 11.5 Å². The Morgan fingerprint density at radius 1 is 0.980 bits per heavy atom. The summed E-state index contributed by atoms with van der Waals surface area (Å²) in [5, 5.41) is 10.6. The van der Waals surface area contributed by atoms with Crippen LogP contribution < -0.4 is 20.3 Å². The number of rotatable bonds is 13. The first-order valence-corrected chi connectivity index (χ1v) is 15.8. The summed E-state index contributed by atoms with van der Waals surface area (Å²) < 4.78 is 32.4. The van der Waals surface area contributed by atoms with Gasteiger partial charge in [0.05, 0.1) is 19.9 Å². The number of anilines is 2. The fourth-order valence-electron chi connectivity index (χ4n) is 5.07. The molecule has 12 nitrogen and oxygen atoms in total. The van der Waals surface area contributed by atoms with Crippen molar-refractivity contribution in [1.82, 2.24) is 24.9 Å². The highest BCUT2D eigenvalue weighted by Gasteiger charge is 2.25. The van der Waals surface area contributed by atoms with Crippen LogP contribution >= 0.6 is 0 Å². The summed E-state index contributed by atoms with van der Waals surface area (Å²) in [6, 6.07) is 23.2. The number of hydrogen-bond donors (Lipinski definition) is 2. The number of alkyl carbamates (subject to hydrolysis) is 1. The van der Waals surface area contributed by atoms with E-state index in [1.807, 2.05) is 66.7 Å². The van der Waals surface area contributed by atoms with Gasteiger partial charge in [-0.15, -0.1) is 5.10 Å². The van der Waals surface area contributed by atoms with Crippen molar-refractivity contribution in [3.8, 4) is 5.88 Å². The van der Waals surface area contributed by atoms with Gasteiger partial charge in [-0.2, -0.15) is 4.52 Å². The Morgan fingerprint density at radius 3 is 2.24 bits per heavy atom. The Kier molecular flexibility index (Phi) is 10.9. The molecule has 3 aromatic heterocycles. The van der Waals surface area contributed by atoms with Crippen LogP contribution in [-0.4, -0.2) is 57.0 Å². The first kappa shape index (κ1) is 34.6. The zero-order chi connectivity index (χ0) is 35.0. The number of ether oxygens (including phenoxy) is 3. The van der Waals surface area contributed by atoms with Crippen molar-refractivity contribution in [2.45, 2.75) is 59.0 Å². The number of carbonyl (C=O) groups is 2. The maximum atomic E-state index is 14.4. The van der Waals surface area contributed by atoms with Crippen LogP contribution in [0.15, 0.2) is 85.2 Å². The minimum Gasteiger partial charge on any atom is -0.473 e. The number of nitrogens with zero attached hydrogens (tertiary/aromatic N) is 5. The number of hydrogen-bond acceptors (Lipinski definition) is 10. The largest absolute Gasteiger partial charge is 0.473 e. The van der Waals surface area contributed by atoms with Crippen molar-refractivity contribution in [1.29, 1.82) is 0 Å². The van der Waals surface area contributed by atoms with Gasteiger partial charge in [-0.05, 0) is 51.0 Å². The molecule has 0 saturated carbocycles. The third-order valence-electron chi connectivity index (χ3n) is 7.23. The topological polar surface area (TPSA) is 132 Å². The lowest BCUT2D eigenvalue weighted by Crippen LogP contribution is -2.37. The second-order valence-corrected chi connectivity index (χ2v) is 12.4. The number of carbonyl (C=O) groups excluding carboxylic acids is 2. The van der Waals surface area contributed by atoms with Crippen molar-refractivity contribution in [2.75, 3.05) is 23.9 Å². The van der Waals surface area contributed by atoms with E-state index in [0.29, 0.717) is 24.5 Å². The molecule has 1 unspecified atom stereocenters. The molecule has 3 heterocycles. The Hall–Kier alpha value is -5.72. The summed E-state index contributed by atoms with van der Waals surface area (Å²) in [5.41, 5.74) is 2.29. The Morgan fingerprint density at radius 2 is 1.63 bits per heavy atom. The molecule has 256 valence electrons. The minimum atomic E-state index is -0.648. The molecular weight excluding hydrogens is 629 g/mol. The van der Waals surface area contributed by atoms with Crippen molar-refractivity contribution >= 4 is 29.3 Å². The smallest absolute Gasteiger partial charge is 0.407 e. The molecule has 1 atom stereocenters. The molecule has 2 N–H and O–H groups in total. The fourth-order valence-corrected chi connectivity index (χ4v) is 5.07. The molecule has 1 amide bonds. The van der Waals surface area contributed by atoms with Crippen LogP contribution in [0.1, 0.15) is 54.7 Å². The highest BCUT2D eigenvalue weighted by molar-refractivity contribution is 6.01. The number of methoxy groups -OCH3 is 1. The number of pyridine rings is 1. The fraction of sp³-hybridized carbons (Fsp3) is 0.306. The molecular formula is C36H40FN7O5. The van der Waals surface area contributed by atoms with Crippen molar-refractivity contribution in [3.05, 3.63) is 113 Å². The van der Waals surface area contributed by atoms with Gasteiger partial charge in [0.1, 0.15) is 28.9 Å². The first-order chi connectivity index (χ1) is 23.5. The van der Waals surface area contributed by atoms with E-state index < -0.39 is 29.6 Å². The summed E-state index contributed by atoms with van der Waals surface area (Å²) in [7, 11) is 1.28. The van der Waals surface area contributed by atoms with E-state index >= 15 is 0 Å². The number of halogens is 1. The van der Waals surface area contributed by atoms with Gasteiger partial charge in [0.25, 0.3) is 0 Å². The van der Waals surface area contributed by atoms with Gasteiger partial charge in [-0.25, -0.2) is 23.9 Å². The molecule has 49 heavy (non-hydrogen) atoms. The lowest BCUT2D eigenvalue weighted by molar-refractivity contribution is 0.0502. The highest BCUT2D eigenvalue weighted by atomic mass is 19.1. The van der Waals surface area contributed by atoms with Gasteiger partial charge in [-0.1, -0.05) is 60.7 Å². The summed E-state index contributed by atoms with van der Waals surface area (Å²) >= 11 is 0. The number of fused-ring (bicyclic) bond motifs is 1. The molecule has 13 heteroatoms. The second kappa shape index (κ2) is 15.5. The zero-order valence-electron chi connectivity index (χ0n) is 28.1. The number of esters is 1. The number of benzene rings is 2. The number of aromatic nitrogens is 4. The average Bonchev–Trinajstić information content (AvgIpc) is 3.45. The maximum Gasteiger partial charge on any atom is 0.407 e. The SMILES string of the molecule is COC(=O)c1c(NCc2cc(F)cnc2OC(C)CNC(=O)OC(C)(C)C)nn2c(N(Cc3ccccc3)Cc3ccccc3)ccnc12. The van der Waals surface area contributed by atoms with Crippen LogP contribution in [0.4, 0.5) is 20.8 Å².